The molecule has 0 aliphatic rings. The van der Waals surface area contributed by atoms with Gasteiger partial charge in [0.1, 0.15) is 11.2 Å². The first-order valence-electron chi connectivity index (χ1n) is 7.68. The number of amides is 1. The predicted molar refractivity (Wildman–Crippen MR) is 97.7 cm³/mol. The van der Waals surface area contributed by atoms with Crippen LogP contribution in [0.2, 0.25) is 0 Å². The van der Waals surface area contributed by atoms with Crippen LogP contribution in [0.15, 0.2) is 40.4 Å². The lowest BCUT2D eigenvalue weighted by atomic mass is 10.2. The van der Waals surface area contributed by atoms with Gasteiger partial charge in [-0.15, -0.1) is 0 Å². The van der Waals surface area contributed by atoms with E-state index in [1.54, 1.807) is 32.9 Å². The minimum Gasteiger partial charge on any atom is -0.477 e. The zero-order valence-corrected chi connectivity index (χ0v) is 15.3. The van der Waals surface area contributed by atoms with E-state index in [9.17, 15) is 14.4 Å². The molecule has 0 spiro atoms. The van der Waals surface area contributed by atoms with Gasteiger partial charge in [-0.2, -0.15) is 0 Å². The molecule has 8 nitrogen and oxygen atoms in total. The number of anilines is 1. The minimum atomic E-state index is -1.32. The van der Waals surface area contributed by atoms with Gasteiger partial charge in [0.15, 0.2) is 5.16 Å². The molecule has 0 saturated heterocycles. The molecule has 1 aromatic carbocycles. The Balaban J connectivity index is 1.93. The second-order valence-corrected chi connectivity index (χ2v) is 7.31. The molecular weight excluding hydrogens is 358 g/mol. The highest BCUT2D eigenvalue weighted by atomic mass is 32.2. The van der Waals surface area contributed by atoms with Crippen LogP contribution >= 0.6 is 11.8 Å². The number of nitrogens with one attached hydrogen (secondary N) is 2. The fraction of sp³-hybridized carbons (Fsp3) is 0.294. The van der Waals surface area contributed by atoms with Gasteiger partial charge in [0.05, 0.1) is 0 Å². The van der Waals surface area contributed by atoms with E-state index in [0.29, 0.717) is 16.6 Å². The lowest BCUT2D eigenvalue weighted by Crippen LogP contribution is -2.27. The van der Waals surface area contributed by atoms with Gasteiger partial charge in [0, 0.05) is 17.6 Å². The Bertz CT molecular complexity index is 856. The minimum absolute atomic E-state index is 0.330. The predicted octanol–water partition coefficient (Wildman–Crippen LogP) is 3.11. The standard InChI is InChI=1S/C17H19N3O5S/c1-17(2,3)25-16(24)19-11-6-4-10(5-7-11)9-26-15-18-8-12(14(22)23)13(21)20-15/h4-8H,9H2,1-3H3,(H,19,24)(H,22,23)(H,18,20,21). The number of aromatic nitrogens is 2. The quantitative estimate of drug-likeness (QED) is 0.540. The zero-order chi connectivity index (χ0) is 19.3. The number of hydrogen-bond donors (Lipinski definition) is 3. The van der Waals surface area contributed by atoms with Gasteiger partial charge < -0.3 is 14.8 Å². The summed E-state index contributed by atoms with van der Waals surface area (Å²) in [5.41, 5.74) is -0.111. The molecule has 0 aliphatic heterocycles. The number of carbonyl (C=O) groups excluding carboxylic acids is 1. The first kappa shape index (κ1) is 19.5. The highest BCUT2D eigenvalue weighted by Crippen LogP contribution is 2.20. The SMILES string of the molecule is CC(C)(C)OC(=O)Nc1ccc(CSc2ncc(C(=O)O)c(=O)[nH]2)cc1. The second kappa shape index (κ2) is 8.05. The van der Waals surface area contributed by atoms with E-state index < -0.39 is 28.8 Å². The topological polar surface area (TPSA) is 121 Å². The van der Waals surface area contributed by atoms with Crippen LogP contribution in [-0.2, 0) is 10.5 Å². The number of benzene rings is 1. The molecule has 0 radical (unpaired) electrons. The summed E-state index contributed by atoms with van der Waals surface area (Å²) in [6, 6.07) is 7.12. The normalized spacial score (nSPS) is 11.0. The third-order valence-corrected chi connectivity index (χ3v) is 3.94. The molecule has 2 rings (SSSR count). The van der Waals surface area contributed by atoms with Crippen molar-refractivity contribution < 1.29 is 19.4 Å². The maximum Gasteiger partial charge on any atom is 0.412 e. The number of hydrogen-bond acceptors (Lipinski definition) is 6. The summed E-state index contributed by atoms with van der Waals surface area (Å²) in [6.07, 6.45) is 0.511. The average molecular weight is 377 g/mol. The van der Waals surface area contributed by atoms with Gasteiger partial charge in [-0.1, -0.05) is 23.9 Å². The van der Waals surface area contributed by atoms with E-state index in [1.165, 1.54) is 11.8 Å². The van der Waals surface area contributed by atoms with Crippen molar-refractivity contribution in [1.29, 1.82) is 0 Å². The van der Waals surface area contributed by atoms with Crippen molar-refractivity contribution >= 4 is 29.5 Å². The van der Waals surface area contributed by atoms with Crippen LogP contribution in [0.5, 0.6) is 0 Å². The number of rotatable bonds is 5. The fourth-order valence-electron chi connectivity index (χ4n) is 1.86. The van der Waals surface area contributed by atoms with Crippen molar-refractivity contribution in [2.24, 2.45) is 0 Å². The number of ether oxygens (including phenoxy) is 1. The molecule has 1 amide bonds. The summed E-state index contributed by atoms with van der Waals surface area (Å²) >= 11 is 1.26. The number of thioether (sulfide) groups is 1. The number of nitrogens with zero attached hydrogens (tertiary/aromatic N) is 1. The summed E-state index contributed by atoms with van der Waals surface area (Å²) in [5.74, 6) is -0.800. The van der Waals surface area contributed by atoms with E-state index >= 15 is 0 Å². The molecule has 0 unspecified atom stereocenters. The van der Waals surface area contributed by atoms with Crippen LogP contribution < -0.4 is 10.9 Å². The van der Waals surface area contributed by atoms with E-state index in [1.807, 2.05) is 12.1 Å². The Morgan fingerprint density at radius 3 is 2.46 bits per heavy atom. The van der Waals surface area contributed by atoms with Crippen molar-refractivity contribution in [2.75, 3.05) is 5.32 Å². The summed E-state index contributed by atoms with van der Waals surface area (Å²) < 4.78 is 5.18. The number of carboxylic acid groups (broad SMARTS) is 1. The molecule has 26 heavy (non-hydrogen) atoms. The molecular formula is C17H19N3O5S. The number of aromatic amines is 1. The summed E-state index contributed by atoms with van der Waals surface area (Å²) in [7, 11) is 0. The Morgan fingerprint density at radius 2 is 1.92 bits per heavy atom. The van der Waals surface area contributed by atoms with Crippen LogP contribution in [0, 0.1) is 0 Å². The largest absolute Gasteiger partial charge is 0.477 e. The van der Waals surface area contributed by atoms with E-state index in [-0.39, 0.29) is 0 Å². The highest BCUT2D eigenvalue weighted by Gasteiger charge is 2.16. The summed E-state index contributed by atoms with van der Waals surface area (Å²) in [5, 5.41) is 11.8. The van der Waals surface area contributed by atoms with Gasteiger partial charge in [-0.05, 0) is 38.5 Å². The molecule has 2 aromatic rings. The molecule has 3 N–H and O–H groups in total. The molecule has 0 aliphatic carbocycles. The van der Waals surface area contributed by atoms with E-state index in [4.69, 9.17) is 9.84 Å². The van der Waals surface area contributed by atoms with Gasteiger partial charge in [-0.3, -0.25) is 10.1 Å². The van der Waals surface area contributed by atoms with Crippen LogP contribution in [0.4, 0.5) is 10.5 Å². The smallest absolute Gasteiger partial charge is 0.412 e. The van der Waals surface area contributed by atoms with Gasteiger partial charge in [0.25, 0.3) is 5.56 Å². The molecule has 0 fully saturated rings. The summed E-state index contributed by atoms with van der Waals surface area (Å²) in [4.78, 5) is 40.4. The maximum atomic E-state index is 11.7. The van der Waals surface area contributed by atoms with Crippen molar-refractivity contribution in [1.82, 2.24) is 9.97 Å². The van der Waals surface area contributed by atoms with Gasteiger partial charge in [0.2, 0.25) is 0 Å². The van der Waals surface area contributed by atoms with Crippen LogP contribution in [0.1, 0.15) is 36.7 Å². The fourth-order valence-corrected chi connectivity index (χ4v) is 2.65. The molecule has 1 heterocycles. The van der Waals surface area contributed by atoms with Gasteiger partial charge >= 0.3 is 12.1 Å². The van der Waals surface area contributed by atoms with Crippen molar-refractivity contribution in [3.63, 3.8) is 0 Å². The van der Waals surface area contributed by atoms with Crippen LogP contribution in [-0.4, -0.2) is 32.7 Å². The second-order valence-electron chi connectivity index (χ2n) is 6.35. The van der Waals surface area contributed by atoms with Gasteiger partial charge in [-0.25, -0.2) is 14.6 Å². The van der Waals surface area contributed by atoms with Crippen molar-refractivity contribution in [3.8, 4) is 0 Å². The molecule has 0 bridgehead atoms. The number of H-pyrrole nitrogens is 1. The first-order valence-corrected chi connectivity index (χ1v) is 8.67. The Labute approximate surface area is 154 Å². The molecule has 0 atom stereocenters. The number of carbonyl (C=O) groups is 2. The van der Waals surface area contributed by atoms with Crippen molar-refractivity contribution in [2.45, 2.75) is 37.3 Å². The van der Waals surface area contributed by atoms with E-state index in [2.05, 4.69) is 15.3 Å². The zero-order valence-electron chi connectivity index (χ0n) is 14.5. The third-order valence-electron chi connectivity index (χ3n) is 2.98. The number of carboxylic acids is 1. The lowest BCUT2D eigenvalue weighted by molar-refractivity contribution is 0.0634. The maximum absolute atomic E-state index is 11.7. The van der Waals surface area contributed by atoms with E-state index in [0.717, 1.165) is 11.8 Å². The van der Waals surface area contributed by atoms with Crippen molar-refractivity contribution in [3.05, 3.63) is 51.9 Å². The Morgan fingerprint density at radius 1 is 1.27 bits per heavy atom. The summed E-state index contributed by atoms with van der Waals surface area (Å²) in [6.45, 7) is 5.36. The average Bonchev–Trinajstić information content (AvgIpc) is 2.52. The number of aromatic carboxylic acids is 1. The molecule has 9 heteroatoms. The molecule has 138 valence electrons. The molecule has 1 aromatic heterocycles. The highest BCUT2D eigenvalue weighted by molar-refractivity contribution is 7.98. The Hall–Kier alpha value is -2.81. The third kappa shape index (κ3) is 5.92. The van der Waals surface area contributed by atoms with Crippen LogP contribution in [0.25, 0.3) is 0 Å². The monoisotopic (exact) mass is 377 g/mol. The van der Waals surface area contributed by atoms with Crippen LogP contribution in [0.3, 0.4) is 0 Å². The molecule has 0 saturated carbocycles. The lowest BCUT2D eigenvalue weighted by Gasteiger charge is -2.19. The Kier molecular flexibility index (Phi) is 6.04. The first-order chi connectivity index (χ1) is 12.1.